The quantitative estimate of drug-likeness (QED) is 0.816. The van der Waals surface area contributed by atoms with E-state index in [0.717, 1.165) is 31.7 Å². The Labute approximate surface area is 107 Å². The van der Waals surface area contributed by atoms with E-state index >= 15 is 0 Å². The van der Waals surface area contributed by atoms with Crippen LogP contribution in [0.5, 0.6) is 0 Å². The molecule has 0 saturated heterocycles. The van der Waals surface area contributed by atoms with Crippen LogP contribution in [0.25, 0.3) is 0 Å². The first kappa shape index (κ1) is 13.7. The van der Waals surface area contributed by atoms with E-state index in [1.165, 1.54) is 10.2 Å². The predicted molar refractivity (Wildman–Crippen MR) is 71.7 cm³/mol. The highest BCUT2D eigenvalue weighted by Gasteiger charge is 2.11. The Morgan fingerprint density at radius 3 is 2.69 bits per heavy atom. The first-order valence-electron chi connectivity index (χ1n) is 5.98. The van der Waals surface area contributed by atoms with Gasteiger partial charge in [0.15, 0.2) is 0 Å². The van der Waals surface area contributed by atoms with Crippen molar-refractivity contribution in [2.45, 2.75) is 40.7 Å². The van der Waals surface area contributed by atoms with E-state index in [9.17, 15) is 0 Å². The maximum absolute atomic E-state index is 4.48. The van der Waals surface area contributed by atoms with E-state index in [1.807, 2.05) is 6.92 Å². The van der Waals surface area contributed by atoms with Crippen LogP contribution in [-0.2, 0) is 13.0 Å². The molecule has 1 N–H and O–H groups in total. The lowest BCUT2D eigenvalue weighted by molar-refractivity contribution is 0.540. The van der Waals surface area contributed by atoms with Crippen molar-refractivity contribution in [3.8, 4) is 0 Å². The Morgan fingerprint density at radius 1 is 1.44 bits per heavy atom. The van der Waals surface area contributed by atoms with Crippen LogP contribution in [0.3, 0.4) is 0 Å². The van der Waals surface area contributed by atoms with Gasteiger partial charge >= 0.3 is 0 Å². The van der Waals surface area contributed by atoms with Crippen LogP contribution < -0.4 is 5.32 Å². The van der Waals surface area contributed by atoms with Gasteiger partial charge < -0.3 is 5.32 Å². The van der Waals surface area contributed by atoms with E-state index in [2.05, 4.69) is 51.8 Å². The van der Waals surface area contributed by atoms with Gasteiger partial charge in [-0.15, -0.1) is 0 Å². The van der Waals surface area contributed by atoms with Crippen LogP contribution in [0, 0.1) is 12.8 Å². The van der Waals surface area contributed by atoms with Gasteiger partial charge in [0.25, 0.3) is 0 Å². The largest absolute Gasteiger partial charge is 0.316 e. The van der Waals surface area contributed by atoms with Gasteiger partial charge in [-0.05, 0) is 42.2 Å². The van der Waals surface area contributed by atoms with Crippen LogP contribution in [0.15, 0.2) is 4.47 Å². The number of hydrogen-bond acceptors (Lipinski definition) is 2. The van der Waals surface area contributed by atoms with Crippen molar-refractivity contribution in [3.05, 3.63) is 15.9 Å². The third-order valence-corrected chi connectivity index (χ3v) is 3.58. The molecular weight excluding hydrogens is 266 g/mol. The molecule has 0 unspecified atom stereocenters. The summed E-state index contributed by atoms with van der Waals surface area (Å²) in [6, 6.07) is 0. The number of rotatable bonds is 6. The van der Waals surface area contributed by atoms with E-state index in [4.69, 9.17) is 0 Å². The minimum atomic E-state index is 0.710. The minimum Gasteiger partial charge on any atom is -0.316 e. The zero-order valence-electron chi connectivity index (χ0n) is 10.7. The fourth-order valence-electron chi connectivity index (χ4n) is 1.71. The first-order valence-corrected chi connectivity index (χ1v) is 6.78. The molecule has 1 heterocycles. The van der Waals surface area contributed by atoms with Crippen LogP contribution in [0.1, 0.15) is 32.2 Å². The number of hydrogen-bond donors (Lipinski definition) is 1. The van der Waals surface area contributed by atoms with Gasteiger partial charge in [-0.3, -0.25) is 4.68 Å². The van der Waals surface area contributed by atoms with Crippen molar-refractivity contribution in [2.75, 3.05) is 13.1 Å². The second kappa shape index (κ2) is 6.40. The standard InChI is InChI=1S/C12H22BrN3/c1-5-16-11(12(13)10(4)15-16)6-7-14-8-9(2)3/h9,14H,5-8H2,1-4H3. The Hall–Kier alpha value is -0.350. The Balaban J connectivity index is 2.52. The van der Waals surface area contributed by atoms with E-state index < -0.39 is 0 Å². The zero-order valence-corrected chi connectivity index (χ0v) is 12.3. The van der Waals surface area contributed by atoms with Crippen LogP contribution >= 0.6 is 15.9 Å². The summed E-state index contributed by atoms with van der Waals surface area (Å²) in [5.41, 5.74) is 2.39. The molecule has 1 aromatic heterocycles. The molecule has 4 heteroatoms. The van der Waals surface area contributed by atoms with E-state index in [0.29, 0.717) is 5.92 Å². The highest BCUT2D eigenvalue weighted by Crippen LogP contribution is 2.21. The van der Waals surface area contributed by atoms with Gasteiger partial charge in [0.2, 0.25) is 0 Å². The number of nitrogens with zero attached hydrogens (tertiary/aromatic N) is 2. The number of nitrogens with one attached hydrogen (secondary N) is 1. The van der Waals surface area contributed by atoms with Crippen molar-refractivity contribution in [3.63, 3.8) is 0 Å². The Morgan fingerprint density at radius 2 is 2.12 bits per heavy atom. The second-order valence-electron chi connectivity index (χ2n) is 4.51. The van der Waals surface area contributed by atoms with Crippen molar-refractivity contribution >= 4 is 15.9 Å². The van der Waals surface area contributed by atoms with Gasteiger partial charge in [-0.25, -0.2) is 0 Å². The third kappa shape index (κ3) is 3.59. The molecule has 1 rings (SSSR count). The van der Waals surface area contributed by atoms with Crippen molar-refractivity contribution in [2.24, 2.45) is 5.92 Å². The molecule has 0 atom stereocenters. The minimum absolute atomic E-state index is 0.710. The summed E-state index contributed by atoms with van der Waals surface area (Å²) in [4.78, 5) is 0. The maximum atomic E-state index is 4.48. The number of aromatic nitrogens is 2. The third-order valence-electron chi connectivity index (χ3n) is 2.54. The topological polar surface area (TPSA) is 29.9 Å². The molecule has 1 aromatic rings. The summed E-state index contributed by atoms with van der Waals surface area (Å²) in [5.74, 6) is 0.710. The molecular formula is C12H22BrN3. The fraction of sp³-hybridized carbons (Fsp3) is 0.750. The van der Waals surface area contributed by atoms with Crippen LogP contribution in [0.2, 0.25) is 0 Å². The average molecular weight is 288 g/mol. The van der Waals surface area contributed by atoms with Crippen molar-refractivity contribution in [1.82, 2.24) is 15.1 Å². The molecule has 0 amide bonds. The van der Waals surface area contributed by atoms with Gasteiger partial charge in [0.1, 0.15) is 0 Å². The van der Waals surface area contributed by atoms with Crippen LogP contribution in [-0.4, -0.2) is 22.9 Å². The van der Waals surface area contributed by atoms with Crippen molar-refractivity contribution in [1.29, 1.82) is 0 Å². The lowest BCUT2D eigenvalue weighted by atomic mass is 10.2. The molecule has 0 bridgehead atoms. The molecule has 3 nitrogen and oxygen atoms in total. The smallest absolute Gasteiger partial charge is 0.0738 e. The normalized spacial score (nSPS) is 11.4. The second-order valence-corrected chi connectivity index (χ2v) is 5.30. The van der Waals surface area contributed by atoms with Gasteiger partial charge in [-0.1, -0.05) is 13.8 Å². The summed E-state index contributed by atoms with van der Waals surface area (Å²) >= 11 is 3.61. The summed E-state index contributed by atoms with van der Waals surface area (Å²) in [5, 5.41) is 7.94. The molecule has 0 aliphatic carbocycles. The van der Waals surface area contributed by atoms with Crippen molar-refractivity contribution < 1.29 is 0 Å². The van der Waals surface area contributed by atoms with Gasteiger partial charge in [0, 0.05) is 19.5 Å². The lowest BCUT2D eigenvalue weighted by Crippen LogP contribution is -2.23. The molecule has 0 spiro atoms. The summed E-state index contributed by atoms with van der Waals surface area (Å²) in [6.07, 6.45) is 1.03. The molecule has 0 aliphatic heterocycles. The Kier molecular flexibility index (Phi) is 5.49. The van der Waals surface area contributed by atoms with Gasteiger partial charge in [0.05, 0.1) is 15.9 Å². The molecule has 0 saturated carbocycles. The highest BCUT2D eigenvalue weighted by molar-refractivity contribution is 9.10. The first-order chi connectivity index (χ1) is 7.56. The summed E-state index contributed by atoms with van der Waals surface area (Å²) in [7, 11) is 0. The average Bonchev–Trinajstić information content (AvgIpc) is 2.50. The number of halogens is 1. The number of aryl methyl sites for hydroxylation is 2. The fourth-order valence-corrected chi connectivity index (χ4v) is 2.19. The lowest BCUT2D eigenvalue weighted by Gasteiger charge is -2.08. The summed E-state index contributed by atoms with van der Waals surface area (Å²) < 4.78 is 3.25. The molecule has 0 fully saturated rings. The van der Waals surface area contributed by atoms with Crippen LogP contribution in [0.4, 0.5) is 0 Å². The SMILES string of the molecule is CCn1nc(C)c(Br)c1CCNCC(C)C. The maximum Gasteiger partial charge on any atom is 0.0738 e. The molecule has 0 radical (unpaired) electrons. The summed E-state index contributed by atoms with van der Waals surface area (Å²) in [6.45, 7) is 11.7. The molecule has 0 aromatic carbocycles. The molecule has 0 aliphatic rings. The predicted octanol–water partition coefficient (Wildman–Crippen LogP) is 2.76. The molecule has 92 valence electrons. The zero-order chi connectivity index (χ0) is 12.1. The van der Waals surface area contributed by atoms with E-state index in [-0.39, 0.29) is 0 Å². The van der Waals surface area contributed by atoms with Gasteiger partial charge in [-0.2, -0.15) is 5.10 Å². The Bertz CT molecular complexity index is 331. The highest BCUT2D eigenvalue weighted by atomic mass is 79.9. The van der Waals surface area contributed by atoms with E-state index in [1.54, 1.807) is 0 Å². The monoisotopic (exact) mass is 287 g/mol. The molecule has 16 heavy (non-hydrogen) atoms.